The number of aryl methyl sites for hydroxylation is 1. The van der Waals surface area contributed by atoms with Gasteiger partial charge in [0.15, 0.2) is 0 Å². The Balaban J connectivity index is 2.24. The Morgan fingerprint density at radius 1 is 1.40 bits per heavy atom. The van der Waals surface area contributed by atoms with E-state index in [4.69, 9.17) is 5.73 Å². The number of rotatable bonds is 6. The van der Waals surface area contributed by atoms with Crippen molar-refractivity contribution in [2.45, 2.75) is 26.4 Å². The van der Waals surface area contributed by atoms with Crippen molar-refractivity contribution >= 4 is 11.7 Å². The lowest BCUT2D eigenvalue weighted by Gasteiger charge is -2.20. The summed E-state index contributed by atoms with van der Waals surface area (Å²) in [5.74, 6) is -0.0400. The third kappa shape index (κ3) is 4.45. The van der Waals surface area contributed by atoms with E-state index in [1.54, 1.807) is 42.1 Å². The lowest BCUT2D eigenvalue weighted by Crippen LogP contribution is -2.36. The van der Waals surface area contributed by atoms with Gasteiger partial charge in [0.2, 0.25) is 0 Å². The number of hydrogen-bond donors (Lipinski definition) is 2. The van der Waals surface area contributed by atoms with Gasteiger partial charge >= 0.3 is 0 Å². The Kier molecular flexibility index (Phi) is 5.93. The zero-order valence-corrected chi connectivity index (χ0v) is 15.1. The van der Waals surface area contributed by atoms with Crippen LogP contribution in [0.15, 0.2) is 35.4 Å². The third-order valence-electron chi connectivity index (χ3n) is 4.02. The van der Waals surface area contributed by atoms with Crippen LogP contribution >= 0.6 is 0 Å². The van der Waals surface area contributed by atoms with Crippen molar-refractivity contribution in [3.8, 4) is 0 Å². The second-order valence-corrected chi connectivity index (χ2v) is 6.43. The van der Waals surface area contributed by atoms with E-state index >= 15 is 0 Å². The number of carbonyl (C=O) groups excluding carboxylic acids is 1. The van der Waals surface area contributed by atoms with Gasteiger partial charge in [-0.05, 0) is 45.6 Å². The average molecular weight is 343 g/mol. The van der Waals surface area contributed by atoms with Crippen LogP contribution in [0, 0.1) is 6.92 Å². The molecule has 1 atom stereocenters. The zero-order valence-electron chi connectivity index (χ0n) is 15.1. The van der Waals surface area contributed by atoms with E-state index in [-0.39, 0.29) is 23.7 Å². The van der Waals surface area contributed by atoms with E-state index in [0.29, 0.717) is 23.5 Å². The molecular weight excluding hydrogens is 318 g/mol. The van der Waals surface area contributed by atoms with Gasteiger partial charge in [0.05, 0.1) is 0 Å². The fourth-order valence-corrected chi connectivity index (χ4v) is 2.74. The molecule has 3 N–H and O–H groups in total. The molecule has 2 heterocycles. The van der Waals surface area contributed by atoms with Crippen LogP contribution in [0.1, 0.15) is 34.5 Å². The van der Waals surface area contributed by atoms with Crippen LogP contribution < -0.4 is 16.6 Å². The number of anilines is 1. The maximum Gasteiger partial charge on any atom is 0.263 e. The van der Waals surface area contributed by atoms with Crippen molar-refractivity contribution in [3.63, 3.8) is 0 Å². The Hall–Kier alpha value is -2.67. The van der Waals surface area contributed by atoms with E-state index in [1.165, 1.54) is 0 Å². The van der Waals surface area contributed by atoms with Gasteiger partial charge in [-0.15, -0.1) is 0 Å². The van der Waals surface area contributed by atoms with Gasteiger partial charge in [0.25, 0.3) is 11.5 Å². The van der Waals surface area contributed by atoms with Crippen LogP contribution in [0.2, 0.25) is 0 Å². The van der Waals surface area contributed by atoms with Gasteiger partial charge < -0.3 is 20.5 Å². The van der Waals surface area contributed by atoms with Crippen LogP contribution in [0.3, 0.4) is 0 Å². The highest BCUT2D eigenvalue weighted by Gasteiger charge is 2.18. The molecule has 0 aliphatic heterocycles. The highest BCUT2D eigenvalue weighted by molar-refractivity contribution is 5.95. The summed E-state index contributed by atoms with van der Waals surface area (Å²) in [5, 5.41) is 2.76. The van der Waals surface area contributed by atoms with Crippen molar-refractivity contribution in [1.82, 2.24) is 19.8 Å². The maximum absolute atomic E-state index is 12.8. The van der Waals surface area contributed by atoms with Gasteiger partial charge in [0.1, 0.15) is 11.4 Å². The van der Waals surface area contributed by atoms with E-state index in [1.807, 2.05) is 25.9 Å². The molecule has 2 aromatic heterocycles. The summed E-state index contributed by atoms with van der Waals surface area (Å²) in [5.41, 5.74) is 7.02. The van der Waals surface area contributed by atoms with Crippen LogP contribution in [-0.4, -0.2) is 41.0 Å². The first-order chi connectivity index (χ1) is 11.8. The highest BCUT2D eigenvalue weighted by atomic mass is 16.2. The molecule has 7 nitrogen and oxygen atoms in total. The summed E-state index contributed by atoms with van der Waals surface area (Å²) < 4.78 is 1.60. The minimum atomic E-state index is -0.405. The first-order valence-corrected chi connectivity index (χ1v) is 8.15. The number of carbonyl (C=O) groups is 1. The van der Waals surface area contributed by atoms with Gasteiger partial charge in [-0.25, -0.2) is 4.98 Å². The SMILES string of the molecule is Cc1ccn(C(C)CN(C)C)c(=O)c1C(=O)NCc1cccnc1N. The summed E-state index contributed by atoms with van der Waals surface area (Å²) >= 11 is 0. The maximum atomic E-state index is 12.8. The standard InChI is InChI=1S/C18H25N5O2/c1-12-7-9-23(13(2)11-22(3)4)18(25)15(12)17(24)21-10-14-6-5-8-20-16(14)19/h5-9,13H,10-11H2,1-4H3,(H2,19,20)(H,21,24). The number of nitrogen functional groups attached to an aromatic ring is 1. The Morgan fingerprint density at radius 2 is 2.12 bits per heavy atom. The summed E-state index contributed by atoms with van der Waals surface area (Å²) in [6.07, 6.45) is 3.33. The predicted molar refractivity (Wildman–Crippen MR) is 98.5 cm³/mol. The molecule has 1 amide bonds. The monoisotopic (exact) mass is 343 g/mol. The molecule has 0 fully saturated rings. The molecule has 0 saturated carbocycles. The molecule has 25 heavy (non-hydrogen) atoms. The second kappa shape index (κ2) is 7.94. The molecule has 0 aliphatic carbocycles. The lowest BCUT2D eigenvalue weighted by molar-refractivity contribution is 0.0948. The molecule has 0 aliphatic rings. The predicted octanol–water partition coefficient (Wildman–Crippen LogP) is 1.19. The van der Waals surface area contributed by atoms with Crippen molar-refractivity contribution in [3.05, 3.63) is 57.6 Å². The molecule has 0 spiro atoms. The second-order valence-electron chi connectivity index (χ2n) is 6.43. The third-order valence-corrected chi connectivity index (χ3v) is 4.02. The van der Waals surface area contributed by atoms with Gasteiger partial charge in [-0.2, -0.15) is 0 Å². The Labute approximate surface area is 147 Å². The van der Waals surface area contributed by atoms with Crippen LogP contribution in [0.5, 0.6) is 0 Å². The van der Waals surface area contributed by atoms with Crippen molar-refractivity contribution in [1.29, 1.82) is 0 Å². The van der Waals surface area contributed by atoms with Gasteiger partial charge in [-0.3, -0.25) is 9.59 Å². The largest absolute Gasteiger partial charge is 0.383 e. The lowest BCUT2D eigenvalue weighted by atomic mass is 10.1. The van der Waals surface area contributed by atoms with Crippen molar-refractivity contribution in [2.24, 2.45) is 0 Å². The molecule has 134 valence electrons. The first-order valence-electron chi connectivity index (χ1n) is 8.15. The summed E-state index contributed by atoms with van der Waals surface area (Å²) in [4.78, 5) is 31.3. The number of pyridine rings is 2. The number of amides is 1. The smallest absolute Gasteiger partial charge is 0.263 e. The number of nitrogens with two attached hydrogens (primary N) is 1. The molecule has 0 radical (unpaired) electrons. The van der Waals surface area contributed by atoms with E-state index in [2.05, 4.69) is 10.3 Å². The van der Waals surface area contributed by atoms with E-state index in [0.717, 1.165) is 0 Å². The summed E-state index contributed by atoms with van der Waals surface area (Å²) in [7, 11) is 3.89. The molecule has 7 heteroatoms. The molecular formula is C18H25N5O2. The fourth-order valence-electron chi connectivity index (χ4n) is 2.74. The number of likely N-dealkylation sites (N-methyl/N-ethyl adjacent to an activating group) is 1. The topological polar surface area (TPSA) is 93.2 Å². The number of hydrogen-bond acceptors (Lipinski definition) is 5. The first kappa shape index (κ1) is 18.7. The average Bonchev–Trinajstić information content (AvgIpc) is 2.53. The molecule has 0 aromatic carbocycles. The van der Waals surface area contributed by atoms with Crippen LogP contribution in [0.4, 0.5) is 5.82 Å². The summed E-state index contributed by atoms with van der Waals surface area (Å²) in [6.45, 7) is 4.64. The van der Waals surface area contributed by atoms with Gasteiger partial charge in [-0.1, -0.05) is 6.07 Å². The van der Waals surface area contributed by atoms with Crippen LogP contribution in [0.25, 0.3) is 0 Å². The number of aromatic nitrogens is 2. The quantitative estimate of drug-likeness (QED) is 0.822. The van der Waals surface area contributed by atoms with Crippen LogP contribution in [-0.2, 0) is 6.54 Å². The summed E-state index contributed by atoms with van der Waals surface area (Å²) in [6, 6.07) is 5.30. The molecule has 1 unspecified atom stereocenters. The fraction of sp³-hybridized carbons (Fsp3) is 0.389. The van der Waals surface area contributed by atoms with E-state index in [9.17, 15) is 9.59 Å². The molecule has 2 aromatic rings. The van der Waals surface area contributed by atoms with E-state index < -0.39 is 5.91 Å². The molecule has 0 saturated heterocycles. The molecule has 2 rings (SSSR count). The Bertz CT molecular complexity index is 813. The highest BCUT2D eigenvalue weighted by Crippen LogP contribution is 2.10. The minimum absolute atomic E-state index is 0.0383. The molecule has 0 bridgehead atoms. The van der Waals surface area contributed by atoms with Gasteiger partial charge in [0, 0.05) is 37.1 Å². The number of nitrogens with one attached hydrogen (secondary N) is 1. The minimum Gasteiger partial charge on any atom is -0.383 e. The number of nitrogens with zero attached hydrogens (tertiary/aromatic N) is 3. The van der Waals surface area contributed by atoms with Crippen molar-refractivity contribution in [2.75, 3.05) is 26.4 Å². The normalized spacial score (nSPS) is 12.2. The van der Waals surface area contributed by atoms with Crippen molar-refractivity contribution < 1.29 is 4.79 Å². The Morgan fingerprint density at radius 3 is 2.76 bits per heavy atom. The zero-order chi connectivity index (χ0) is 18.6.